The van der Waals surface area contributed by atoms with Crippen molar-refractivity contribution in [1.82, 2.24) is 20.0 Å². The highest BCUT2D eigenvalue weighted by Crippen LogP contribution is 2.26. The lowest BCUT2D eigenvalue weighted by molar-refractivity contribution is -0.131. The summed E-state index contributed by atoms with van der Waals surface area (Å²) < 4.78 is 0. The molecule has 4 heterocycles. The van der Waals surface area contributed by atoms with Crippen molar-refractivity contribution in [3.63, 3.8) is 0 Å². The molecule has 32 heavy (non-hydrogen) atoms. The summed E-state index contributed by atoms with van der Waals surface area (Å²) in [6.07, 6.45) is 4.23. The van der Waals surface area contributed by atoms with E-state index in [0.29, 0.717) is 37.5 Å². The number of aromatic nitrogens is 2. The SMILES string of the molecule is O=C(Cc1cccs1)N1CCc2[nH]nc(C(=O)N3CCC(Cc4ccccc4)CC3)c2C1. The molecule has 1 N–H and O–H groups in total. The number of piperidine rings is 1. The Kier molecular flexibility index (Phi) is 6.08. The molecule has 2 aliphatic rings. The summed E-state index contributed by atoms with van der Waals surface area (Å²) in [6.45, 7) is 2.65. The van der Waals surface area contributed by atoms with E-state index in [1.54, 1.807) is 11.3 Å². The molecule has 0 unspecified atom stereocenters. The number of rotatable bonds is 5. The maximum atomic E-state index is 13.3. The van der Waals surface area contributed by atoms with Crippen molar-refractivity contribution in [3.8, 4) is 0 Å². The lowest BCUT2D eigenvalue weighted by atomic mass is 9.90. The van der Waals surface area contributed by atoms with Crippen LogP contribution in [0.1, 0.15) is 45.0 Å². The number of hydrogen-bond acceptors (Lipinski definition) is 4. The summed E-state index contributed by atoms with van der Waals surface area (Å²) in [6, 6.07) is 14.5. The Bertz CT molecular complexity index is 1070. The normalized spacial score (nSPS) is 16.8. The standard InChI is InChI=1S/C25H28N4O2S/c30-23(16-20-7-4-14-32-20)29-13-10-22-21(17-29)24(27-26-22)25(31)28-11-8-19(9-12-28)15-18-5-2-1-3-6-18/h1-7,14,19H,8-13,15-17H2,(H,26,27). The first-order chi connectivity index (χ1) is 15.7. The van der Waals surface area contributed by atoms with E-state index in [-0.39, 0.29) is 11.8 Å². The van der Waals surface area contributed by atoms with Gasteiger partial charge in [-0.1, -0.05) is 36.4 Å². The first-order valence-corrected chi connectivity index (χ1v) is 12.2. The summed E-state index contributed by atoms with van der Waals surface area (Å²) in [4.78, 5) is 30.9. The number of amides is 2. The molecule has 2 aromatic heterocycles. The summed E-state index contributed by atoms with van der Waals surface area (Å²) in [5.74, 6) is 0.715. The topological polar surface area (TPSA) is 69.3 Å². The number of aromatic amines is 1. The van der Waals surface area contributed by atoms with Crippen molar-refractivity contribution >= 4 is 23.2 Å². The zero-order valence-electron chi connectivity index (χ0n) is 18.1. The van der Waals surface area contributed by atoms with Crippen LogP contribution in [0.25, 0.3) is 0 Å². The minimum absolute atomic E-state index is 0.00628. The third kappa shape index (κ3) is 4.48. The van der Waals surface area contributed by atoms with Crippen LogP contribution < -0.4 is 0 Å². The fourth-order valence-electron chi connectivity index (χ4n) is 4.80. The van der Waals surface area contributed by atoms with E-state index >= 15 is 0 Å². The van der Waals surface area contributed by atoms with E-state index in [1.807, 2.05) is 33.4 Å². The first kappa shape index (κ1) is 20.9. The van der Waals surface area contributed by atoms with Crippen LogP contribution in [0.4, 0.5) is 0 Å². The monoisotopic (exact) mass is 448 g/mol. The van der Waals surface area contributed by atoms with E-state index in [9.17, 15) is 9.59 Å². The van der Waals surface area contributed by atoms with Crippen molar-refractivity contribution in [1.29, 1.82) is 0 Å². The van der Waals surface area contributed by atoms with E-state index in [0.717, 1.165) is 48.5 Å². The number of carbonyl (C=O) groups is 2. The molecule has 1 fully saturated rings. The van der Waals surface area contributed by atoms with Gasteiger partial charge in [0.25, 0.3) is 5.91 Å². The molecule has 7 heteroatoms. The average molecular weight is 449 g/mol. The van der Waals surface area contributed by atoms with Crippen molar-refractivity contribution < 1.29 is 9.59 Å². The Morgan fingerprint density at radius 3 is 2.59 bits per heavy atom. The Morgan fingerprint density at radius 2 is 1.84 bits per heavy atom. The number of fused-ring (bicyclic) bond motifs is 1. The Hall–Kier alpha value is -2.93. The maximum absolute atomic E-state index is 13.3. The minimum atomic E-state index is -0.00628. The maximum Gasteiger partial charge on any atom is 0.274 e. The number of benzene rings is 1. The lowest BCUT2D eigenvalue weighted by Gasteiger charge is -2.32. The molecule has 1 saturated heterocycles. The van der Waals surface area contributed by atoms with Gasteiger partial charge in [0.1, 0.15) is 0 Å². The van der Waals surface area contributed by atoms with Crippen LogP contribution in [0.2, 0.25) is 0 Å². The third-order valence-electron chi connectivity index (χ3n) is 6.66. The van der Waals surface area contributed by atoms with Crippen LogP contribution in [-0.2, 0) is 30.6 Å². The number of thiophene rings is 1. The van der Waals surface area contributed by atoms with Gasteiger partial charge in [0, 0.05) is 48.7 Å². The smallest absolute Gasteiger partial charge is 0.274 e. The van der Waals surface area contributed by atoms with Gasteiger partial charge < -0.3 is 9.80 Å². The highest BCUT2D eigenvalue weighted by molar-refractivity contribution is 7.10. The summed E-state index contributed by atoms with van der Waals surface area (Å²) in [5, 5.41) is 9.43. The second-order valence-corrected chi connectivity index (χ2v) is 9.81. The van der Waals surface area contributed by atoms with Gasteiger partial charge in [-0.15, -0.1) is 11.3 Å². The minimum Gasteiger partial charge on any atom is -0.338 e. The van der Waals surface area contributed by atoms with Gasteiger partial charge in [0.15, 0.2) is 5.69 Å². The number of nitrogens with one attached hydrogen (secondary N) is 1. The Morgan fingerprint density at radius 1 is 1.03 bits per heavy atom. The van der Waals surface area contributed by atoms with Crippen molar-refractivity contribution in [2.75, 3.05) is 19.6 Å². The molecule has 1 aromatic carbocycles. The zero-order chi connectivity index (χ0) is 21.9. The fraction of sp³-hybridized carbons (Fsp3) is 0.400. The molecule has 0 bridgehead atoms. The predicted molar refractivity (Wildman–Crippen MR) is 125 cm³/mol. The number of likely N-dealkylation sites (tertiary alicyclic amines) is 1. The average Bonchev–Trinajstić information content (AvgIpc) is 3.49. The fourth-order valence-corrected chi connectivity index (χ4v) is 5.49. The highest BCUT2D eigenvalue weighted by Gasteiger charge is 2.31. The van der Waals surface area contributed by atoms with E-state index in [4.69, 9.17) is 0 Å². The van der Waals surface area contributed by atoms with Gasteiger partial charge in [-0.2, -0.15) is 5.10 Å². The molecular weight excluding hydrogens is 420 g/mol. The molecule has 6 nitrogen and oxygen atoms in total. The molecule has 5 rings (SSSR count). The number of carbonyl (C=O) groups excluding carboxylic acids is 2. The van der Waals surface area contributed by atoms with Crippen molar-refractivity contribution in [2.45, 2.75) is 38.6 Å². The molecule has 0 aliphatic carbocycles. The lowest BCUT2D eigenvalue weighted by Crippen LogP contribution is -2.41. The number of nitrogens with zero attached hydrogens (tertiary/aromatic N) is 3. The van der Waals surface area contributed by atoms with Gasteiger partial charge in [-0.25, -0.2) is 0 Å². The largest absolute Gasteiger partial charge is 0.338 e. The second-order valence-electron chi connectivity index (χ2n) is 8.78. The van der Waals surface area contributed by atoms with E-state index in [1.165, 1.54) is 5.56 Å². The summed E-state index contributed by atoms with van der Waals surface area (Å²) in [7, 11) is 0. The van der Waals surface area contributed by atoms with Crippen molar-refractivity contribution in [2.24, 2.45) is 5.92 Å². The van der Waals surface area contributed by atoms with Gasteiger partial charge in [0.2, 0.25) is 5.91 Å². The molecule has 0 saturated carbocycles. The first-order valence-electron chi connectivity index (χ1n) is 11.4. The van der Waals surface area contributed by atoms with Gasteiger partial charge in [-0.05, 0) is 42.2 Å². The van der Waals surface area contributed by atoms with Crippen molar-refractivity contribution in [3.05, 3.63) is 75.2 Å². The molecular formula is C25H28N4O2S. The van der Waals surface area contributed by atoms with Crippen LogP contribution in [0.3, 0.4) is 0 Å². The molecule has 0 spiro atoms. The van der Waals surface area contributed by atoms with Crippen LogP contribution in [0, 0.1) is 5.92 Å². The van der Waals surface area contributed by atoms with Gasteiger partial charge in [-0.3, -0.25) is 14.7 Å². The molecule has 3 aromatic rings. The van der Waals surface area contributed by atoms with E-state index < -0.39 is 0 Å². The third-order valence-corrected chi connectivity index (χ3v) is 7.54. The molecule has 166 valence electrons. The molecule has 0 radical (unpaired) electrons. The second kappa shape index (κ2) is 9.28. The zero-order valence-corrected chi connectivity index (χ0v) is 18.9. The highest BCUT2D eigenvalue weighted by atomic mass is 32.1. The summed E-state index contributed by atoms with van der Waals surface area (Å²) in [5.41, 5.74) is 3.75. The number of H-pyrrole nitrogens is 1. The molecule has 2 amide bonds. The van der Waals surface area contributed by atoms with Gasteiger partial charge in [0.05, 0.1) is 6.42 Å². The molecule has 0 atom stereocenters. The van der Waals surface area contributed by atoms with Crippen LogP contribution >= 0.6 is 11.3 Å². The molecule has 2 aliphatic heterocycles. The summed E-state index contributed by atoms with van der Waals surface area (Å²) >= 11 is 1.60. The Balaban J connectivity index is 1.21. The van der Waals surface area contributed by atoms with Crippen LogP contribution in [0.15, 0.2) is 47.8 Å². The van der Waals surface area contributed by atoms with Crippen LogP contribution in [-0.4, -0.2) is 51.4 Å². The predicted octanol–water partition coefficient (Wildman–Crippen LogP) is 3.69. The Labute approximate surface area is 192 Å². The quantitative estimate of drug-likeness (QED) is 0.647. The van der Waals surface area contributed by atoms with Crippen LogP contribution in [0.5, 0.6) is 0 Å². The van der Waals surface area contributed by atoms with Gasteiger partial charge >= 0.3 is 0 Å². The van der Waals surface area contributed by atoms with E-state index in [2.05, 4.69) is 34.5 Å². The number of hydrogen-bond donors (Lipinski definition) is 1.